The molecule has 26 heavy (non-hydrogen) atoms. The van der Waals surface area contributed by atoms with E-state index in [-0.39, 0.29) is 5.91 Å². The Kier molecular flexibility index (Phi) is 4.47. The smallest absolute Gasteiger partial charge is 0.259 e. The lowest BCUT2D eigenvalue weighted by atomic mass is 10.0. The van der Waals surface area contributed by atoms with Crippen molar-refractivity contribution in [3.63, 3.8) is 0 Å². The lowest BCUT2D eigenvalue weighted by molar-refractivity contribution is 0.0626. The maximum Gasteiger partial charge on any atom is 0.259 e. The first-order valence-electron chi connectivity index (χ1n) is 9.04. The number of aromatic nitrogens is 1. The summed E-state index contributed by atoms with van der Waals surface area (Å²) < 4.78 is 5.14. The van der Waals surface area contributed by atoms with Gasteiger partial charge in [-0.1, -0.05) is 47.6 Å². The van der Waals surface area contributed by atoms with Gasteiger partial charge in [0.15, 0.2) is 0 Å². The van der Waals surface area contributed by atoms with Crippen molar-refractivity contribution in [1.82, 2.24) is 15.0 Å². The quantitative estimate of drug-likeness (QED) is 0.727. The van der Waals surface area contributed by atoms with E-state index in [1.165, 1.54) is 16.3 Å². The first-order chi connectivity index (χ1) is 12.6. The van der Waals surface area contributed by atoms with Crippen molar-refractivity contribution in [2.75, 3.05) is 26.2 Å². The van der Waals surface area contributed by atoms with E-state index >= 15 is 0 Å². The molecule has 4 rings (SSSR count). The van der Waals surface area contributed by atoms with Gasteiger partial charge in [0.1, 0.15) is 11.3 Å². The number of piperazine rings is 1. The van der Waals surface area contributed by atoms with Crippen molar-refractivity contribution in [1.29, 1.82) is 0 Å². The van der Waals surface area contributed by atoms with Crippen molar-refractivity contribution >= 4 is 16.7 Å². The van der Waals surface area contributed by atoms with Gasteiger partial charge in [-0.15, -0.1) is 0 Å². The molecule has 1 aromatic heterocycles. The van der Waals surface area contributed by atoms with Crippen LogP contribution in [0.4, 0.5) is 0 Å². The van der Waals surface area contributed by atoms with Gasteiger partial charge >= 0.3 is 0 Å². The Morgan fingerprint density at radius 1 is 1.04 bits per heavy atom. The number of carbonyl (C=O) groups excluding carboxylic acids is 1. The summed E-state index contributed by atoms with van der Waals surface area (Å²) in [6, 6.07) is 15.0. The molecular formula is C21H23N3O2. The van der Waals surface area contributed by atoms with Gasteiger partial charge in [-0.25, -0.2) is 0 Å². The topological polar surface area (TPSA) is 49.6 Å². The summed E-state index contributed by atoms with van der Waals surface area (Å²) >= 11 is 0. The molecule has 5 nitrogen and oxygen atoms in total. The molecule has 0 unspecified atom stereocenters. The molecule has 0 aliphatic carbocycles. The van der Waals surface area contributed by atoms with Crippen molar-refractivity contribution in [2.24, 2.45) is 0 Å². The Morgan fingerprint density at radius 2 is 1.77 bits per heavy atom. The van der Waals surface area contributed by atoms with Crippen LogP contribution in [0.2, 0.25) is 0 Å². The van der Waals surface area contributed by atoms with E-state index in [0.29, 0.717) is 17.0 Å². The molecule has 0 bridgehead atoms. The van der Waals surface area contributed by atoms with Gasteiger partial charge in [-0.05, 0) is 30.2 Å². The molecule has 0 saturated carbocycles. The second kappa shape index (κ2) is 6.92. The van der Waals surface area contributed by atoms with Crippen LogP contribution in [0.1, 0.15) is 27.4 Å². The second-order valence-corrected chi connectivity index (χ2v) is 6.91. The van der Waals surface area contributed by atoms with Crippen LogP contribution in [0.15, 0.2) is 47.0 Å². The molecule has 2 heterocycles. The van der Waals surface area contributed by atoms with Gasteiger partial charge in [0.2, 0.25) is 0 Å². The fourth-order valence-electron chi connectivity index (χ4n) is 3.73. The van der Waals surface area contributed by atoms with E-state index in [2.05, 4.69) is 52.5 Å². The largest absolute Gasteiger partial charge is 0.361 e. The summed E-state index contributed by atoms with van der Waals surface area (Å²) in [5.41, 5.74) is 2.63. The van der Waals surface area contributed by atoms with Crippen LogP contribution in [-0.4, -0.2) is 47.0 Å². The molecule has 3 aromatic rings. The van der Waals surface area contributed by atoms with Gasteiger partial charge in [-0.3, -0.25) is 9.69 Å². The molecule has 1 aliphatic heterocycles. The standard InChI is InChI=1S/C21H23N3O2/c1-15-20(16(2)26-22-15)21(25)24-12-10-23(11-13-24)14-18-8-5-7-17-6-3-4-9-19(17)18/h3-9H,10-14H2,1-2H3. The number of fused-ring (bicyclic) bond motifs is 1. The highest BCUT2D eigenvalue weighted by Gasteiger charge is 2.26. The number of benzene rings is 2. The third kappa shape index (κ3) is 3.10. The monoisotopic (exact) mass is 349 g/mol. The molecular weight excluding hydrogens is 326 g/mol. The highest BCUT2D eigenvalue weighted by Crippen LogP contribution is 2.21. The van der Waals surface area contributed by atoms with Crippen molar-refractivity contribution in [2.45, 2.75) is 20.4 Å². The van der Waals surface area contributed by atoms with E-state index in [9.17, 15) is 4.79 Å². The maximum absolute atomic E-state index is 12.7. The molecule has 0 N–H and O–H groups in total. The Bertz CT molecular complexity index is 915. The van der Waals surface area contributed by atoms with Crippen LogP contribution < -0.4 is 0 Å². The highest BCUT2D eigenvalue weighted by molar-refractivity contribution is 5.96. The zero-order valence-corrected chi connectivity index (χ0v) is 15.2. The molecule has 1 fully saturated rings. The number of nitrogens with zero attached hydrogens (tertiary/aromatic N) is 3. The molecule has 1 saturated heterocycles. The number of aryl methyl sites for hydroxylation is 2. The zero-order valence-electron chi connectivity index (χ0n) is 15.2. The lowest BCUT2D eigenvalue weighted by Gasteiger charge is -2.35. The van der Waals surface area contributed by atoms with Crippen LogP contribution >= 0.6 is 0 Å². The maximum atomic E-state index is 12.7. The summed E-state index contributed by atoms with van der Waals surface area (Å²) in [4.78, 5) is 17.1. The summed E-state index contributed by atoms with van der Waals surface area (Å²) in [6.45, 7) is 7.73. The first kappa shape index (κ1) is 16.8. The van der Waals surface area contributed by atoms with E-state index in [1.807, 2.05) is 11.8 Å². The number of amides is 1. The average molecular weight is 349 g/mol. The average Bonchev–Trinajstić information content (AvgIpc) is 3.00. The summed E-state index contributed by atoms with van der Waals surface area (Å²) in [5, 5.41) is 6.48. The van der Waals surface area contributed by atoms with Crippen molar-refractivity contribution in [3.05, 3.63) is 65.0 Å². The second-order valence-electron chi connectivity index (χ2n) is 6.91. The molecule has 1 aliphatic rings. The Balaban J connectivity index is 1.43. The number of hydrogen-bond donors (Lipinski definition) is 0. The summed E-state index contributed by atoms with van der Waals surface area (Å²) in [7, 11) is 0. The molecule has 0 spiro atoms. The molecule has 0 atom stereocenters. The Hall–Kier alpha value is -2.66. The summed E-state index contributed by atoms with van der Waals surface area (Å²) in [6.07, 6.45) is 0. The Labute approximate surface area is 153 Å². The molecule has 0 radical (unpaired) electrons. The van der Waals surface area contributed by atoms with E-state index < -0.39 is 0 Å². The first-order valence-corrected chi connectivity index (χ1v) is 9.04. The van der Waals surface area contributed by atoms with Gasteiger partial charge in [-0.2, -0.15) is 0 Å². The molecule has 134 valence electrons. The fourth-order valence-corrected chi connectivity index (χ4v) is 3.73. The summed E-state index contributed by atoms with van der Waals surface area (Å²) in [5.74, 6) is 0.636. The van der Waals surface area contributed by atoms with Crippen molar-refractivity contribution < 1.29 is 9.32 Å². The van der Waals surface area contributed by atoms with E-state index in [1.54, 1.807) is 6.92 Å². The van der Waals surface area contributed by atoms with Crippen LogP contribution in [0.25, 0.3) is 10.8 Å². The van der Waals surface area contributed by atoms with Gasteiger partial charge in [0.05, 0.1) is 5.69 Å². The SMILES string of the molecule is Cc1noc(C)c1C(=O)N1CCN(Cc2cccc3ccccc23)CC1. The van der Waals surface area contributed by atoms with Crippen LogP contribution in [-0.2, 0) is 6.54 Å². The molecule has 1 amide bonds. The van der Waals surface area contributed by atoms with E-state index in [0.717, 1.165) is 32.7 Å². The normalized spacial score (nSPS) is 15.5. The zero-order chi connectivity index (χ0) is 18.1. The number of rotatable bonds is 3. The van der Waals surface area contributed by atoms with Crippen molar-refractivity contribution in [3.8, 4) is 0 Å². The lowest BCUT2D eigenvalue weighted by Crippen LogP contribution is -2.48. The number of carbonyl (C=O) groups is 1. The van der Waals surface area contributed by atoms with Crippen LogP contribution in [0.5, 0.6) is 0 Å². The van der Waals surface area contributed by atoms with Crippen LogP contribution in [0.3, 0.4) is 0 Å². The minimum atomic E-state index is 0.0334. The third-order valence-corrected chi connectivity index (χ3v) is 5.18. The number of hydrogen-bond acceptors (Lipinski definition) is 4. The minimum Gasteiger partial charge on any atom is -0.361 e. The van der Waals surface area contributed by atoms with Gasteiger partial charge in [0, 0.05) is 32.7 Å². The Morgan fingerprint density at radius 3 is 2.50 bits per heavy atom. The predicted octanol–water partition coefficient (Wildman–Crippen LogP) is 3.40. The van der Waals surface area contributed by atoms with E-state index in [4.69, 9.17) is 4.52 Å². The van der Waals surface area contributed by atoms with Gasteiger partial charge < -0.3 is 9.42 Å². The van der Waals surface area contributed by atoms with Crippen LogP contribution in [0, 0.1) is 13.8 Å². The fraction of sp³-hybridized carbons (Fsp3) is 0.333. The molecule has 5 heteroatoms. The molecule has 2 aromatic carbocycles. The third-order valence-electron chi connectivity index (χ3n) is 5.18. The van der Waals surface area contributed by atoms with Gasteiger partial charge in [0.25, 0.3) is 5.91 Å². The minimum absolute atomic E-state index is 0.0334. The highest BCUT2D eigenvalue weighted by atomic mass is 16.5. The predicted molar refractivity (Wildman–Crippen MR) is 101 cm³/mol.